The van der Waals surface area contributed by atoms with Crippen molar-refractivity contribution >= 4 is 15.9 Å². The third-order valence-corrected chi connectivity index (χ3v) is 3.53. The number of rotatable bonds is 3. The summed E-state index contributed by atoms with van der Waals surface area (Å²) in [5.74, 6) is 1.52. The van der Waals surface area contributed by atoms with Gasteiger partial charge >= 0.3 is 0 Å². The van der Waals surface area contributed by atoms with E-state index in [9.17, 15) is 0 Å². The van der Waals surface area contributed by atoms with Crippen molar-refractivity contribution in [1.29, 1.82) is 0 Å². The maximum atomic E-state index is 5.33. The van der Waals surface area contributed by atoms with Crippen LogP contribution in [0.4, 0.5) is 0 Å². The Morgan fingerprint density at radius 3 is 2.53 bits per heavy atom. The minimum Gasteiger partial charge on any atom is -0.493 e. The van der Waals surface area contributed by atoms with Crippen LogP contribution >= 0.6 is 15.9 Å². The van der Waals surface area contributed by atoms with E-state index < -0.39 is 0 Å². The van der Waals surface area contributed by atoms with E-state index in [1.54, 1.807) is 14.2 Å². The zero-order valence-electron chi connectivity index (χ0n) is 8.84. The van der Waals surface area contributed by atoms with Gasteiger partial charge in [0, 0.05) is 6.04 Å². The molecule has 0 aromatic heterocycles. The highest BCUT2D eigenvalue weighted by Crippen LogP contribution is 2.41. The molecule has 1 fully saturated rings. The Hall–Kier alpha value is -0.740. The van der Waals surface area contributed by atoms with Crippen molar-refractivity contribution in [1.82, 2.24) is 5.32 Å². The summed E-state index contributed by atoms with van der Waals surface area (Å²) in [5.41, 5.74) is 1.24. The van der Waals surface area contributed by atoms with Gasteiger partial charge in [0.1, 0.15) is 0 Å². The predicted molar refractivity (Wildman–Crippen MR) is 62.6 cm³/mol. The summed E-state index contributed by atoms with van der Waals surface area (Å²) in [5, 5.41) is 3.37. The summed E-state index contributed by atoms with van der Waals surface area (Å²) < 4.78 is 11.5. The third kappa shape index (κ3) is 1.84. The van der Waals surface area contributed by atoms with Crippen LogP contribution in [0.1, 0.15) is 18.0 Å². The smallest absolute Gasteiger partial charge is 0.175 e. The lowest BCUT2D eigenvalue weighted by atomic mass is 9.98. The third-order valence-electron chi connectivity index (χ3n) is 2.71. The fraction of sp³-hybridized carbons (Fsp3) is 0.455. The second-order valence-electron chi connectivity index (χ2n) is 3.50. The molecule has 1 saturated heterocycles. The zero-order valence-corrected chi connectivity index (χ0v) is 10.4. The van der Waals surface area contributed by atoms with Crippen LogP contribution in [-0.2, 0) is 0 Å². The molecule has 1 N–H and O–H groups in total. The first kappa shape index (κ1) is 10.8. The summed E-state index contributed by atoms with van der Waals surface area (Å²) in [6.07, 6.45) is 1.17. The molecule has 1 aliphatic rings. The lowest BCUT2D eigenvalue weighted by Gasteiger charge is -2.29. The molecule has 0 aliphatic carbocycles. The fourth-order valence-corrected chi connectivity index (χ4v) is 2.49. The molecule has 1 aliphatic heterocycles. The highest BCUT2D eigenvalue weighted by atomic mass is 79.9. The summed E-state index contributed by atoms with van der Waals surface area (Å²) >= 11 is 3.56. The average molecular weight is 272 g/mol. The number of nitrogens with one attached hydrogen (secondary N) is 1. The van der Waals surface area contributed by atoms with Gasteiger partial charge in [-0.05, 0) is 40.5 Å². The van der Waals surface area contributed by atoms with Gasteiger partial charge in [0.05, 0.1) is 18.7 Å². The molecular formula is C11H14BrNO2. The molecular weight excluding hydrogens is 258 g/mol. The molecule has 1 aromatic rings. The number of hydrogen-bond acceptors (Lipinski definition) is 3. The highest BCUT2D eigenvalue weighted by Gasteiger charge is 2.23. The van der Waals surface area contributed by atoms with E-state index in [-0.39, 0.29) is 0 Å². The van der Waals surface area contributed by atoms with Crippen LogP contribution < -0.4 is 14.8 Å². The first-order valence-corrected chi connectivity index (χ1v) is 5.71. The average Bonchev–Trinajstić information content (AvgIpc) is 2.18. The maximum Gasteiger partial charge on any atom is 0.175 e. The van der Waals surface area contributed by atoms with E-state index in [0.717, 1.165) is 22.5 Å². The van der Waals surface area contributed by atoms with Crippen LogP contribution in [-0.4, -0.2) is 20.8 Å². The van der Waals surface area contributed by atoms with Crippen molar-refractivity contribution in [3.63, 3.8) is 0 Å². The van der Waals surface area contributed by atoms with Crippen LogP contribution in [0.3, 0.4) is 0 Å². The van der Waals surface area contributed by atoms with Crippen LogP contribution in [0, 0.1) is 0 Å². The number of halogens is 1. The monoisotopic (exact) mass is 271 g/mol. The van der Waals surface area contributed by atoms with Crippen LogP contribution in [0.2, 0.25) is 0 Å². The molecule has 1 heterocycles. The Labute approximate surface area is 97.9 Å². The van der Waals surface area contributed by atoms with Crippen LogP contribution in [0.25, 0.3) is 0 Å². The topological polar surface area (TPSA) is 30.5 Å². The minimum atomic E-state index is 0.444. The molecule has 0 spiro atoms. The molecule has 15 heavy (non-hydrogen) atoms. The van der Waals surface area contributed by atoms with E-state index >= 15 is 0 Å². The predicted octanol–water partition coefficient (Wildman–Crippen LogP) is 2.50. The van der Waals surface area contributed by atoms with Gasteiger partial charge in [0.25, 0.3) is 0 Å². The van der Waals surface area contributed by atoms with Gasteiger partial charge in [-0.25, -0.2) is 0 Å². The van der Waals surface area contributed by atoms with Crippen molar-refractivity contribution in [3.05, 3.63) is 22.2 Å². The van der Waals surface area contributed by atoms with Crippen molar-refractivity contribution < 1.29 is 9.47 Å². The van der Waals surface area contributed by atoms with E-state index in [0.29, 0.717) is 6.04 Å². The minimum absolute atomic E-state index is 0.444. The molecule has 82 valence electrons. The fourth-order valence-electron chi connectivity index (χ4n) is 1.73. The SMILES string of the molecule is COc1ccc(C2CCN2)c(Br)c1OC. The first-order chi connectivity index (χ1) is 7.27. The molecule has 1 aromatic carbocycles. The van der Waals surface area contributed by atoms with Gasteiger partial charge < -0.3 is 14.8 Å². The van der Waals surface area contributed by atoms with Crippen LogP contribution in [0.15, 0.2) is 16.6 Å². The molecule has 0 amide bonds. The second kappa shape index (κ2) is 4.41. The summed E-state index contributed by atoms with van der Waals surface area (Å²) in [6, 6.07) is 4.46. The van der Waals surface area contributed by atoms with E-state index in [1.807, 2.05) is 6.07 Å². The van der Waals surface area contributed by atoms with Crippen molar-refractivity contribution in [3.8, 4) is 11.5 Å². The normalized spacial score (nSPS) is 19.5. The maximum absolute atomic E-state index is 5.33. The quantitative estimate of drug-likeness (QED) is 0.917. The Balaban J connectivity index is 2.40. The Morgan fingerprint density at radius 2 is 2.07 bits per heavy atom. The summed E-state index contributed by atoms with van der Waals surface area (Å²) in [7, 11) is 3.30. The van der Waals surface area contributed by atoms with Gasteiger partial charge in [-0.3, -0.25) is 0 Å². The Kier molecular flexibility index (Phi) is 3.17. The molecule has 3 nitrogen and oxygen atoms in total. The number of benzene rings is 1. The first-order valence-electron chi connectivity index (χ1n) is 4.91. The zero-order chi connectivity index (χ0) is 10.8. The number of hydrogen-bond donors (Lipinski definition) is 1. The van der Waals surface area contributed by atoms with E-state index in [1.165, 1.54) is 12.0 Å². The Morgan fingerprint density at radius 1 is 1.33 bits per heavy atom. The van der Waals surface area contributed by atoms with Crippen LogP contribution in [0.5, 0.6) is 11.5 Å². The molecule has 0 radical (unpaired) electrons. The highest BCUT2D eigenvalue weighted by molar-refractivity contribution is 9.10. The van der Waals surface area contributed by atoms with Gasteiger partial charge in [-0.1, -0.05) is 6.07 Å². The van der Waals surface area contributed by atoms with E-state index in [2.05, 4.69) is 27.3 Å². The molecule has 0 saturated carbocycles. The molecule has 1 atom stereocenters. The molecule has 1 unspecified atom stereocenters. The Bertz CT molecular complexity index is 364. The lowest BCUT2D eigenvalue weighted by molar-refractivity contribution is 0.346. The summed E-state index contributed by atoms with van der Waals surface area (Å²) in [4.78, 5) is 0. The van der Waals surface area contributed by atoms with Crippen molar-refractivity contribution in [2.75, 3.05) is 20.8 Å². The summed E-state index contributed by atoms with van der Waals surface area (Å²) in [6.45, 7) is 1.09. The van der Waals surface area contributed by atoms with Crippen molar-refractivity contribution in [2.24, 2.45) is 0 Å². The molecule has 2 rings (SSSR count). The van der Waals surface area contributed by atoms with E-state index in [4.69, 9.17) is 9.47 Å². The van der Waals surface area contributed by atoms with Gasteiger partial charge in [0.15, 0.2) is 11.5 Å². The number of ether oxygens (including phenoxy) is 2. The molecule has 0 bridgehead atoms. The number of methoxy groups -OCH3 is 2. The lowest BCUT2D eigenvalue weighted by Crippen LogP contribution is -2.35. The van der Waals surface area contributed by atoms with Crippen molar-refractivity contribution in [2.45, 2.75) is 12.5 Å². The van der Waals surface area contributed by atoms with Gasteiger partial charge in [-0.15, -0.1) is 0 Å². The van der Waals surface area contributed by atoms with Gasteiger partial charge in [0.2, 0.25) is 0 Å². The van der Waals surface area contributed by atoms with Gasteiger partial charge in [-0.2, -0.15) is 0 Å². The second-order valence-corrected chi connectivity index (χ2v) is 4.29. The largest absolute Gasteiger partial charge is 0.493 e. The molecule has 4 heteroatoms. The standard InChI is InChI=1S/C11H14BrNO2/c1-14-9-4-3-7(8-5-6-13-8)10(12)11(9)15-2/h3-4,8,13H,5-6H2,1-2H3.